The minimum absolute atomic E-state index is 0.121. The summed E-state index contributed by atoms with van der Waals surface area (Å²) < 4.78 is 81.0. The van der Waals surface area contributed by atoms with Crippen molar-refractivity contribution >= 4 is 38.5 Å². The van der Waals surface area contributed by atoms with Gasteiger partial charge >= 0.3 is 12.3 Å². The first-order chi connectivity index (χ1) is 24.9. The van der Waals surface area contributed by atoms with Crippen LogP contribution in [0.5, 0.6) is 11.5 Å². The van der Waals surface area contributed by atoms with Gasteiger partial charge in [-0.3, -0.25) is 0 Å². The Labute approximate surface area is 303 Å². The molecule has 0 bridgehead atoms. The van der Waals surface area contributed by atoms with Crippen LogP contribution in [-0.4, -0.2) is 43.6 Å². The van der Waals surface area contributed by atoms with E-state index < -0.39 is 33.0 Å². The van der Waals surface area contributed by atoms with Crippen molar-refractivity contribution in [3.63, 3.8) is 0 Å². The van der Waals surface area contributed by atoms with Gasteiger partial charge in [0.15, 0.2) is 0 Å². The number of alkyl halides is 3. The minimum atomic E-state index is -5.09. The normalized spacial score (nSPS) is 11.9. The Balaban J connectivity index is 1.42. The van der Waals surface area contributed by atoms with E-state index in [2.05, 4.69) is 14.0 Å². The number of halogens is 4. The number of hydrogen-bond donors (Lipinski definition) is 2. The molecule has 0 saturated carbocycles. The summed E-state index contributed by atoms with van der Waals surface area (Å²) in [5.74, 6) is -1.43. The van der Waals surface area contributed by atoms with E-state index in [1.807, 2.05) is 72.8 Å². The molecule has 5 aromatic carbocycles. The first-order valence-electron chi connectivity index (χ1n) is 16.1. The van der Waals surface area contributed by atoms with E-state index >= 15 is 0 Å². The second-order valence-corrected chi connectivity index (χ2v) is 13.9. The zero-order valence-electron chi connectivity index (χ0n) is 27.4. The van der Waals surface area contributed by atoms with Crippen LogP contribution in [0.15, 0.2) is 132 Å². The van der Waals surface area contributed by atoms with Crippen molar-refractivity contribution in [3.8, 4) is 11.5 Å². The summed E-state index contributed by atoms with van der Waals surface area (Å²) in [6.07, 6.45) is -4.61. The minimum Gasteiger partial charge on any atom is -0.493 e. The van der Waals surface area contributed by atoms with Crippen LogP contribution in [-0.2, 0) is 22.9 Å². The third-order valence-corrected chi connectivity index (χ3v) is 10.1. The summed E-state index contributed by atoms with van der Waals surface area (Å²) in [5, 5.41) is 10.6. The predicted octanol–water partition coefficient (Wildman–Crippen LogP) is 8.67. The maximum atomic E-state index is 13.4. The second-order valence-electron chi connectivity index (χ2n) is 11.8. The van der Waals surface area contributed by atoms with Crippen molar-refractivity contribution < 1.29 is 41.0 Å². The lowest BCUT2D eigenvalue weighted by Gasteiger charge is -2.25. The zero-order chi connectivity index (χ0) is 36.9. The molecule has 6 rings (SSSR count). The first-order valence-corrected chi connectivity index (χ1v) is 18.0. The number of benzene rings is 5. The standard InChI is InChI=1S/C39H32ClF3N2O6S/c40-29-17-20-33-32(25-29)31(22-24-50-30-18-15-28(16-19-30)38(46)47)34(45(33)37(26-9-3-1-4-10-26)27-11-5-2-6-12-27)21-23-44-52(48,49)36-14-8-7-13-35(36)51-39(41,42)43/h1-20,25,37,44H,21-24H2,(H,46,47). The molecule has 2 N–H and O–H groups in total. The molecule has 0 amide bonds. The van der Waals surface area contributed by atoms with Crippen LogP contribution in [0.2, 0.25) is 5.02 Å². The monoisotopic (exact) mass is 748 g/mol. The van der Waals surface area contributed by atoms with Gasteiger partial charge in [0, 0.05) is 41.0 Å². The average Bonchev–Trinajstić information content (AvgIpc) is 3.40. The molecule has 268 valence electrons. The number of nitrogens with zero attached hydrogens (tertiary/aromatic N) is 1. The Bertz CT molecular complexity index is 2240. The topological polar surface area (TPSA) is 107 Å². The summed E-state index contributed by atoms with van der Waals surface area (Å²) in [6.45, 7) is 0.00775. The van der Waals surface area contributed by atoms with E-state index in [0.717, 1.165) is 45.4 Å². The van der Waals surface area contributed by atoms with Gasteiger partial charge in [0.1, 0.15) is 16.4 Å². The van der Waals surface area contributed by atoms with Gasteiger partial charge in [0.05, 0.1) is 18.2 Å². The van der Waals surface area contributed by atoms with E-state index in [4.69, 9.17) is 16.3 Å². The Kier molecular flexibility index (Phi) is 10.9. The van der Waals surface area contributed by atoms with E-state index in [-0.39, 0.29) is 31.2 Å². The van der Waals surface area contributed by atoms with Crippen LogP contribution >= 0.6 is 11.6 Å². The number of carboxylic acids is 1. The number of aromatic nitrogens is 1. The predicted molar refractivity (Wildman–Crippen MR) is 192 cm³/mol. The van der Waals surface area contributed by atoms with Crippen LogP contribution in [0, 0.1) is 0 Å². The van der Waals surface area contributed by atoms with Crippen LogP contribution in [0.1, 0.15) is 38.8 Å². The van der Waals surface area contributed by atoms with Crippen LogP contribution < -0.4 is 14.2 Å². The maximum Gasteiger partial charge on any atom is 0.573 e. The summed E-state index contributed by atoms with van der Waals surface area (Å²) in [4.78, 5) is 10.7. The van der Waals surface area contributed by atoms with Crippen molar-refractivity contribution in [1.29, 1.82) is 0 Å². The molecule has 8 nitrogen and oxygen atoms in total. The van der Waals surface area contributed by atoms with Gasteiger partial charge < -0.3 is 19.1 Å². The van der Waals surface area contributed by atoms with Gasteiger partial charge in [-0.15, -0.1) is 13.2 Å². The number of fused-ring (bicyclic) bond motifs is 1. The lowest BCUT2D eigenvalue weighted by molar-refractivity contribution is -0.275. The van der Waals surface area contributed by atoms with Gasteiger partial charge in [-0.25, -0.2) is 17.9 Å². The molecule has 0 unspecified atom stereocenters. The molecule has 0 spiro atoms. The van der Waals surface area contributed by atoms with Crippen molar-refractivity contribution in [3.05, 3.63) is 160 Å². The summed E-state index contributed by atoms with van der Waals surface area (Å²) in [5.41, 5.74) is 4.45. The smallest absolute Gasteiger partial charge is 0.493 e. The molecular formula is C39H32ClF3N2O6S. The number of hydrogen-bond acceptors (Lipinski definition) is 5. The largest absolute Gasteiger partial charge is 0.573 e. The third-order valence-electron chi connectivity index (χ3n) is 8.41. The van der Waals surface area contributed by atoms with Gasteiger partial charge in [-0.1, -0.05) is 84.4 Å². The van der Waals surface area contributed by atoms with Gasteiger partial charge in [-0.05, 0) is 71.3 Å². The molecule has 0 fully saturated rings. The van der Waals surface area contributed by atoms with Gasteiger partial charge in [0.2, 0.25) is 10.0 Å². The molecule has 13 heteroatoms. The summed E-state index contributed by atoms with van der Waals surface area (Å²) in [6, 6.07) is 35.4. The number of aromatic carboxylic acids is 1. The lowest BCUT2D eigenvalue weighted by atomic mass is 9.97. The summed E-state index contributed by atoms with van der Waals surface area (Å²) >= 11 is 6.56. The number of para-hydroxylation sites is 1. The van der Waals surface area contributed by atoms with Crippen molar-refractivity contribution in [2.45, 2.75) is 30.1 Å². The fourth-order valence-electron chi connectivity index (χ4n) is 6.24. The van der Waals surface area contributed by atoms with E-state index in [1.54, 1.807) is 18.2 Å². The Morgan fingerprint density at radius 2 is 1.44 bits per heavy atom. The zero-order valence-corrected chi connectivity index (χ0v) is 29.0. The highest BCUT2D eigenvalue weighted by Crippen LogP contribution is 2.38. The van der Waals surface area contributed by atoms with Crippen molar-refractivity contribution in [2.24, 2.45) is 0 Å². The highest BCUT2D eigenvalue weighted by molar-refractivity contribution is 7.89. The highest BCUT2D eigenvalue weighted by atomic mass is 35.5. The number of ether oxygens (including phenoxy) is 2. The Morgan fingerprint density at radius 3 is 2.06 bits per heavy atom. The van der Waals surface area contributed by atoms with Gasteiger partial charge in [-0.2, -0.15) is 0 Å². The van der Waals surface area contributed by atoms with Gasteiger partial charge in [0.25, 0.3) is 0 Å². The number of carbonyl (C=O) groups is 1. The number of sulfonamides is 1. The molecule has 6 aromatic rings. The molecular weight excluding hydrogens is 717 g/mol. The molecule has 0 aliphatic heterocycles. The van der Waals surface area contributed by atoms with Crippen LogP contribution in [0.3, 0.4) is 0 Å². The molecule has 0 atom stereocenters. The Morgan fingerprint density at radius 1 is 0.827 bits per heavy atom. The van der Waals surface area contributed by atoms with E-state index in [0.29, 0.717) is 17.2 Å². The van der Waals surface area contributed by atoms with Crippen molar-refractivity contribution in [1.82, 2.24) is 9.29 Å². The quantitative estimate of drug-likeness (QED) is 0.116. The van der Waals surface area contributed by atoms with E-state index in [9.17, 15) is 31.5 Å². The number of rotatable bonds is 14. The summed E-state index contributed by atoms with van der Waals surface area (Å²) in [7, 11) is -4.46. The molecule has 52 heavy (non-hydrogen) atoms. The SMILES string of the molecule is O=C(O)c1ccc(OCCc2c(CCNS(=O)(=O)c3ccccc3OC(F)(F)F)n(C(c3ccccc3)c3ccccc3)c3ccc(Cl)cc23)cc1. The molecule has 1 heterocycles. The highest BCUT2D eigenvalue weighted by Gasteiger charge is 2.34. The van der Waals surface area contributed by atoms with Crippen molar-refractivity contribution in [2.75, 3.05) is 13.2 Å². The fraction of sp³-hybridized carbons (Fsp3) is 0.154. The first kappa shape index (κ1) is 36.5. The Hall–Kier alpha value is -5.30. The lowest BCUT2D eigenvalue weighted by Crippen LogP contribution is -2.28. The maximum absolute atomic E-state index is 13.4. The number of nitrogens with one attached hydrogen (secondary N) is 1. The fourth-order valence-corrected chi connectivity index (χ4v) is 7.57. The molecule has 0 saturated heterocycles. The third kappa shape index (κ3) is 8.42. The molecule has 1 aromatic heterocycles. The number of carboxylic acid groups (broad SMARTS) is 1. The van der Waals surface area contributed by atoms with Crippen LogP contribution in [0.4, 0.5) is 13.2 Å². The van der Waals surface area contributed by atoms with Crippen LogP contribution in [0.25, 0.3) is 10.9 Å². The average molecular weight is 749 g/mol. The molecule has 0 aliphatic carbocycles. The molecule has 0 aliphatic rings. The molecule has 0 radical (unpaired) electrons. The van der Waals surface area contributed by atoms with E-state index in [1.165, 1.54) is 24.3 Å². The second kappa shape index (κ2) is 15.5.